The zero-order valence-corrected chi connectivity index (χ0v) is 11.0. The number of aromatic nitrogens is 2. The molecule has 1 aromatic heterocycles. The summed E-state index contributed by atoms with van der Waals surface area (Å²) >= 11 is 0. The minimum atomic E-state index is -0.593. The van der Waals surface area contributed by atoms with Crippen LogP contribution in [0.15, 0.2) is 6.07 Å². The van der Waals surface area contributed by atoms with E-state index in [4.69, 9.17) is 17.2 Å². The van der Waals surface area contributed by atoms with Crippen LogP contribution in [0.3, 0.4) is 0 Å². The summed E-state index contributed by atoms with van der Waals surface area (Å²) in [5.74, 6) is 0.00991. The Morgan fingerprint density at radius 3 is 2.16 bits per heavy atom. The summed E-state index contributed by atoms with van der Waals surface area (Å²) in [7, 11) is 0. The van der Waals surface area contributed by atoms with Gasteiger partial charge in [-0.25, -0.2) is 9.97 Å². The summed E-state index contributed by atoms with van der Waals surface area (Å²) in [6.07, 6.45) is 0. The Labute approximate surface area is 111 Å². The Morgan fingerprint density at radius 2 is 1.74 bits per heavy atom. The van der Waals surface area contributed by atoms with Gasteiger partial charge in [0.05, 0.1) is 13.1 Å². The Bertz CT molecular complexity index is 472. The third-order valence-corrected chi connectivity index (χ3v) is 2.28. The molecule has 6 N–H and O–H groups in total. The first kappa shape index (κ1) is 14.7. The van der Waals surface area contributed by atoms with Crippen molar-refractivity contribution in [3.63, 3.8) is 0 Å². The van der Waals surface area contributed by atoms with E-state index in [1.165, 1.54) is 11.0 Å². The number of rotatable bonds is 6. The van der Waals surface area contributed by atoms with Crippen molar-refractivity contribution in [3.8, 4) is 0 Å². The van der Waals surface area contributed by atoms with Crippen LogP contribution >= 0.6 is 0 Å². The van der Waals surface area contributed by atoms with Crippen molar-refractivity contribution in [3.05, 3.63) is 11.9 Å². The Kier molecular flexibility index (Phi) is 4.62. The topological polar surface area (TPSA) is 141 Å². The number of carbonyl (C=O) groups excluding carboxylic acids is 2. The van der Waals surface area contributed by atoms with Crippen LogP contribution in [0.4, 0.5) is 11.6 Å². The SMILES string of the molecule is CC(C)c1nc(N)cc(N(CC(N)=O)CC(N)=O)n1. The average molecular weight is 266 g/mol. The smallest absolute Gasteiger partial charge is 0.237 e. The predicted octanol–water partition coefficient (Wildman–Crippen LogP) is -1.04. The Hall–Kier alpha value is -2.38. The van der Waals surface area contributed by atoms with Crippen LogP contribution in [0, 0.1) is 0 Å². The highest BCUT2D eigenvalue weighted by Gasteiger charge is 2.16. The van der Waals surface area contributed by atoms with Gasteiger partial charge in [0.15, 0.2) is 0 Å². The molecule has 1 rings (SSSR count). The van der Waals surface area contributed by atoms with E-state index in [9.17, 15) is 9.59 Å². The van der Waals surface area contributed by atoms with Crippen LogP contribution in [0.1, 0.15) is 25.6 Å². The highest BCUT2D eigenvalue weighted by atomic mass is 16.2. The van der Waals surface area contributed by atoms with Gasteiger partial charge in [0.2, 0.25) is 11.8 Å². The van der Waals surface area contributed by atoms with Crippen LogP contribution in [0.2, 0.25) is 0 Å². The highest BCUT2D eigenvalue weighted by Crippen LogP contribution is 2.18. The number of hydrogen-bond donors (Lipinski definition) is 3. The second kappa shape index (κ2) is 5.98. The van der Waals surface area contributed by atoms with E-state index in [0.717, 1.165) is 0 Å². The molecule has 0 saturated carbocycles. The number of amides is 2. The summed E-state index contributed by atoms with van der Waals surface area (Å²) in [4.78, 5) is 31.8. The summed E-state index contributed by atoms with van der Waals surface area (Å²) in [5, 5.41) is 0. The molecule has 0 unspecified atom stereocenters. The largest absolute Gasteiger partial charge is 0.384 e. The highest BCUT2D eigenvalue weighted by molar-refractivity contribution is 5.84. The molecule has 8 heteroatoms. The zero-order valence-electron chi connectivity index (χ0n) is 11.0. The van der Waals surface area contributed by atoms with Crippen molar-refractivity contribution in [2.45, 2.75) is 19.8 Å². The van der Waals surface area contributed by atoms with Gasteiger partial charge in [-0.15, -0.1) is 0 Å². The minimum Gasteiger partial charge on any atom is -0.384 e. The number of primary amides is 2. The third-order valence-electron chi connectivity index (χ3n) is 2.28. The van der Waals surface area contributed by atoms with Crippen molar-refractivity contribution < 1.29 is 9.59 Å². The molecular formula is C11H18N6O2. The number of hydrogen-bond acceptors (Lipinski definition) is 6. The molecule has 0 fully saturated rings. The lowest BCUT2D eigenvalue weighted by molar-refractivity contribution is -0.117. The molecule has 0 saturated heterocycles. The third kappa shape index (κ3) is 4.41. The maximum Gasteiger partial charge on any atom is 0.237 e. The van der Waals surface area contributed by atoms with Crippen molar-refractivity contribution in [2.75, 3.05) is 23.7 Å². The first-order valence-corrected chi connectivity index (χ1v) is 5.75. The van der Waals surface area contributed by atoms with Crippen LogP contribution < -0.4 is 22.1 Å². The number of nitrogens with two attached hydrogens (primary N) is 3. The van der Waals surface area contributed by atoms with Gasteiger partial charge in [-0.2, -0.15) is 0 Å². The van der Waals surface area contributed by atoms with Crippen LogP contribution in [0.25, 0.3) is 0 Å². The molecule has 0 aliphatic rings. The predicted molar refractivity (Wildman–Crippen MR) is 71.1 cm³/mol. The molecule has 0 atom stereocenters. The number of nitrogens with zero attached hydrogens (tertiary/aromatic N) is 3. The second-order valence-corrected chi connectivity index (χ2v) is 4.45. The second-order valence-electron chi connectivity index (χ2n) is 4.45. The zero-order chi connectivity index (χ0) is 14.6. The molecule has 104 valence electrons. The van der Waals surface area contributed by atoms with Gasteiger partial charge in [-0.1, -0.05) is 13.8 Å². The molecule has 0 aliphatic carbocycles. The van der Waals surface area contributed by atoms with E-state index < -0.39 is 11.8 Å². The molecule has 19 heavy (non-hydrogen) atoms. The monoisotopic (exact) mass is 266 g/mol. The molecule has 2 amide bonds. The van der Waals surface area contributed by atoms with Crippen molar-refractivity contribution in [2.24, 2.45) is 11.5 Å². The quantitative estimate of drug-likeness (QED) is 0.600. The van der Waals surface area contributed by atoms with E-state index in [2.05, 4.69) is 9.97 Å². The first-order valence-electron chi connectivity index (χ1n) is 5.75. The molecule has 0 aliphatic heterocycles. The lowest BCUT2D eigenvalue weighted by Crippen LogP contribution is -2.40. The van der Waals surface area contributed by atoms with Gasteiger partial charge in [0.25, 0.3) is 0 Å². The van der Waals surface area contributed by atoms with Gasteiger partial charge in [-0.3, -0.25) is 9.59 Å². The fraction of sp³-hybridized carbons (Fsp3) is 0.455. The number of nitrogen functional groups attached to an aromatic ring is 1. The van der Waals surface area contributed by atoms with Crippen molar-refractivity contribution >= 4 is 23.5 Å². The molecule has 8 nitrogen and oxygen atoms in total. The number of carbonyl (C=O) groups is 2. The Balaban J connectivity index is 3.13. The molecule has 0 radical (unpaired) electrons. The lowest BCUT2D eigenvalue weighted by Gasteiger charge is -2.21. The Morgan fingerprint density at radius 1 is 1.21 bits per heavy atom. The molecule has 1 aromatic rings. The van der Waals surface area contributed by atoms with E-state index in [0.29, 0.717) is 11.6 Å². The lowest BCUT2D eigenvalue weighted by atomic mass is 10.2. The van der Waals surface area contributed by atoms with Crippen LogP contribution in [-0.2, 0) is 9.59 Å². The standard InChI is InChI=1S/C11H18N6O2/c1-6(2)11-15-7(12)3-10(16-11)17(4-8(13)18)5-9(14)19/h3,6H,4-5H2,1-2H3,(H2,13,18)(H2,14,19)(H2,12,15,16). The molecule has 0 bridgehead atoms. The van der Waals surface area contributed by atoms with Crippen molar-refractivity contribution in [1.29, 1.82) is 0 Å². The fourth-order valence-electron chi connectivity index (χ4n) is 1.49. The molecule has 0 spiro atoms. The summed E-state index contributed by atoms with van der Waals surface area (Å²) in [6, 6.07) is 1.47. The van der Waals surface area contributed by atoms with E-state index in [-0.39, 0.29) is 24.8 Å². The van der Waals surface area contributed by atoms with Gasteiger partial charge >= 0.3 is 0 Å². The fourth-order valence-corrected chi connectivity index (χ4v) is 1.49. The maximum absolute atomic E-state index is 11.0. The van der Waals surface area contributed by atoms with Gasteiger partial charge in [0.1, 0.15) is 17.5 Å². The van der Waals surface area contributed by atoms with Gasteiger partial charge in [-0.05, 0) is 0 Å². The first-order chi connectivity index (χ1) is 8.79. The molecule has 1 heterocycles. The van der Waals surface area contributed by atoms with Gasteiger partial charge in [0, 0.05) is 12.0 Å². The summed E-state index contributed by atoms with van der Waals surface area (Å²) in [5.41, 5.74) is 16.0. The molecule has 0 aromatic carbocycles. The minimum absolute atomic E-state index is 0.0613. The van der Waals surface area contributed by atoms with Gasteiger partial charge < -0.3 is 22.1 Å². The maximum atomic E-state index is 11.0. The molecular weight excluding hydrogens is 248 g/mol. The van der Waals surface area contributed by atoms with Crippen LogP contribution in [-0.4, -0.2) is 34.9 Å². The normalized spacial score (nSPS) is 10.5. The summed E-state index contributed by atoms with van der Waals surface area (Å²) < 4.78 is 0. The van der Waals surface area contributed by atoms with Crippen molar-refractivity contribution in [1.82, 2.24) is 9.97 Å². The van der Waals surface area contributed by atoms with Crippen LogP contribution in [0.5, 0.6) is 0 Å². The average Bonchev–Trinajstić information content (AvgIpc) is 2.25. The van der Waals surface area contributed by atoms with E-state index in [1.807, 2.05) is 13.8 Å². The van der Waals surface area contributed by atoms with E-state index in [1.54, 1.807) is 0 Å². The number of anilines is 2. The summed E-state index contributed by atoms with van der Waals surface area (Å²) in [6.45, 7) is 3.48. The van der Waals surface area contributed by atoms with E-state index >= 15 is 0 Å².